The van der Waals surface area contributed by atoms with Crippen LogP contribution in [0.5, 0.6) is 0 Å². The maximum Gasteiger partial charge on any atom is 0.224 e. The molecular formula is C28H37F2N3O3. The first-order valence-corrected chi connectivity index (χ1v) is 12.6. The van der Waals surface area contributed by atoms with E-state index in [-0.39, 0.29) is 31.2 Å². The van der Waals surface area contributed by atoms with Crippen LogP contribution in [0, 0.1) is 11.6 Å². The van der Waals surface area contributed by atoms with Gasteiger partial charge in [-0.25, -0.2) is 8.78 Å². The number of nitrogens with zero attached hydrogens (tertiary/aromatic N) is 1. The third-order valence-corrected chi connectivity index (χ3v) is 6.98. The van der Waals surface area contributed by atoms with Crippen molar-refractivity contribution in [2.45, 2.75) is 70.6 Å². The first-order chi connectivity index (χ1) is 17.0. The summed E-state index contributed by atoms with van der Waals surface area (Å²) >= 11 is 0. The smallest absolute Gasteiger partial charge is 0.224 e. The van der Waals surface area contributed by atoms with Gasteiger partial charge in [0, 0.05) is 39.0 Å². The van der Waals surface area contributed by atoms with Gasteiger partial charge in [-0.2, -0.15) is 0 Å². The molecule has 0 spiro atoms. The van der Waals surface area contributed by atoms with Crippen LogP contribution in [-0.4, -0.2) is 53.6 Å². The molecule has 1 heterocycles. The second-order valence-electron chi connectivity index (χ2n) is 10.00. The van der Waals surface area contributed by atoms with Gasteiger partial charge in [-0.05, 0) is 54.5 Å². The average molecular weight is 502 g/mol. The van der Waals surface area contributed by atoms with Crippen LogP contribution >= 0.6 is 0 Å². The number of aliphatic hydroxyl groups is 1. The molecule has 2 aromatic rings. The van der Waals surface area contributed by atoms with Crippen molar-refractivity contribution in [1.82, 2.24) is 15.5 Å². The summed E-state index contributed by atoms with van der Waals surface area (Å²) in [6, 6.07) is 10.5. The summed E-state index contributed by atoms with van der Waals surface area (Å²) < 4.78 is 27.4. The highest BCUT2D eigenvalue weighted by atomic mass is 19.1. The summed E-state index contributed by atoms with van der Waals surface area (Å²) in [5.41, 5.74) is 1.79. The summed E-state index contributed by atoms with van der Waals surface area (Å²) in [7, 11) is 0. The number of likely N-dealkylation sites (tertiary alicyclic amines) is 1. The number of aliphatic hydroxyl groups excluding tert-OH is 1. The normalized spacial score (nSPS) is 19.9. The standard InChI is InChI=1S/C28H37F2N3O3/c1-5-33-10-9-28(16-27(33)36,22-8-6-7-21(14-22)18(2)3)31-17-26(35)25(32-19(4)34)13-20-11-23(29)15-24(30)12-20/h6-8,11-12,14-15,18,25-26,31,35H,5,9-10,13,16-17H2,1-4H3,(H,32,34). The Kier molecular flexibility index (Phi) is 9.19. The lowest BCUT2D eigenvalue weighted by Gasteiger charge is -2.43. The van der Waals surface area contributed by atoms with E-state index in [1.807, 2.05) is 24.0 Å². The van der Waals surface area contributed by atoms with Gasteiger partial charge in [-0.3, -0.25) is 9.59 Å². The van der Waals surface area contributed by atoms with Crippen LogP contribution in [0.25, 0.3) is 0 Å². The number of piperidine rings is 1. The monoisotopic (exact) mass is 501 g/mol. The number of amides is 2. The van der Waals surface area contributed by atoms with Crippen molar-refractivity contribution in [1.29, 1.82) is 0 Å². The number of carbonyl (C=O) groups excluding carboxylic acids is 2. The molecule has 3 rings (SSSR count). The summed E-state index contributed by atoms with van der Waals surface area (Å²) in [6.07, 6.45) is -0.102. The van der Waals surface area contributed by atoms with Gasteiger partial charge in [0.25, 0.3) is 0 Å². The van der Waals surface area contributed by atoms with Crippen molar-refractivity contribution >= 4 is 11.8 Å². The predicted octanol–water partition coefficient (Wildman–Crippen LogP) is 3.62. The Bertz CT molecular complexity index is 1060. The maximum absolute atomic E-state index is 13.7. The number of hydrogen-bond donors (Lipinski definition) is 3. The van der Waals surface area contributed by atoms with Gasteiger partial charge in [-0.15, -0.1) is 0 Å². The van der Waals surface area contributed by atoms with E-state index in [9.17, 15) is 23.5 Å². The number of nitrogens with one attached hydrogen (secondary N) is 2. The third-order valence-electron chi connectivity index (χ3n) is 6.98. The zero-order valence-corrected chi connectivity index (χ0v) is 21.5. The molecule has 0 bridgehead atoms. The predicted molar refractivity (Wildman–Crippen MR) is 135 cm³/mol. The molecule has 0 aromatic heterocycles. The molecule has 0 radical (unpaired) electrons. The molecule has 3 atom stereocenters. The van der Waals surface area contributed by atoms with Crippen LogP contribution in [0.4, 0.5) is 8.78 Å². The fraction of sp³-hybridized carbons (Fsp3) is 0.500. The first kappa shape index (κ1) is 27.7. The van der Waals surface area contributed by atoms with Gasteiger partial charge in [0.1, 0.15) is 11.6 Å². The fourth-order valence-electron chi connectivity index (χ4n) is 4.91. The van der Waals surface area contributed by atoms with Crippen LogP contribution in [0.3, 0.4) is 0 Å². The quantitative estimate of drug-likeness (QED) is 0.465. The largest absolute Gasteiger partial charge is 0.390 e. The zero-order valence-electron chi connectivity index (χ0n) is 21.5. The third kappa shape index (κ3) is 6.89. The Morgan fingerprint density at radius 2 is 1.86 bits per heavy atom. The summed E-state index contributed by atoms with van der Waals surface area (Å²) in [5.74, 6) is -1.44. The van der Waals surface area contributed by atoms with E-state index in [0.29, 0.717) is 31.0 Å². The number of halogens is 2. The van der Waals surface area contributed by atoms with Crippen LogP contribution in [-0.2, 0) is 21.5 Å². The van der Waals surface area contributed by atoms with Crippen molar-refractivity contribution < 1.29 is 23.5 Å². The second kappa shape index (κ2) is 11.9. The van der Waals surface area contributed by atoms with Crippen LogP contribution in [0.15, 0.2) is 42.5 Å². The molecule has 6 nitrogen and oxygen atoms in total. The number of rotatable bonds is 10. The van der Waals surface area contributed by atoms with E-state index < -0.39 is 29.3 Å². The van der Waals surface area contributed by atoms with Crippen LogP contribution in [0.2, 0.25) is 0 Å². The van der Waals surface area contributed by atoms with Crippen molar-refractivity contribution in [2.24, 2.45) is 0 Å². The molecule has 196 valence electrons. The Morgan fingerprint density at radius 3 is 2.44 bits per heavy atom. The van der Waals surface area contributed by atoms with Gasteiger partial charge in [0.2, 0.25) is 11.8 Å². The number of carbonyl (C=O) groups is 2. The molecule has 1 aliphatic heterocycles. The number of benzene rings is 2. The van der Waals surface area contributed by atoms with Crippen LogP contribution in [0.1, 0.15) is 63.1 Å². The molecule has 3 unspecified atom stereocenters. The molecule has 8 heteroatoms. The Labute approximate surface area is 212 Å². The SMILES string of the molecule is CCN1CCC(NCC(O)C(Cc2cc(F)cc(F)c2)NC(C)=O)(c2cccc(C(C)C)c2)CC1=O. The highest BCUT2D eigenvalue weighted by Crippen LogP contribution is 2.35. The zero-order chi connectivity index (χ0) is 26.5. The Hall–Kier alpha value is -2.84. The van der Waals surface area contributed by atoms with Crippen molar-refractivity contribution in [3.05, 3.63) is 70.8 Å². The first-order valence-electron chi connectivity index (χ1n) is 12.6. The lowest BCUT2D eigenvalue weighted by molar-refractivity contribution is -0.136. The summed E-state index contributed by atoms with van der Waals surface area (Å²) in [5, 5.41) is 17.3. The molecule has 3 N–H and O–H groups in total. The minimum absolute atomic E-state index is 0.0364. The Morgan fingerprint density at radius 1 is 1.17 bits per heavy atom. The van der Waals surface area contributed by atoms with E-state index in [4.69, 9.17) is 0 Å². The lowest BCUT2D eigenvalue weighted by Crippen LogP contribution is -2.57. The number of hydrogen-bond acceptors (Lipinski definition) is 4. The minimum Gasteiger partial charge on any atom is -0.390 e. The van der Waals surface area contributed by atoms with Crippen LogP contribution < -0.4 is 10.6 Å². The van der Waals surface area contributed by atoms with Gasteiger partial charge in [0.05, 0.1) is 17.7 Å². The van der Waals surface area contributed by atoms with Gasteiger partial charge < -0.3 is 20.6 Å². The lowest BCUT2D eigenvalue weighted by atomic mass is 9.79. The highest BCUT2D eigenvalue weighted by Gasteiger charge is 2.40. The van der Waals surface area contributed by atoms with Crippen molar-refractivity contribution in [2.75, 3.05) is 19.6 Å². The minimum atomic E-state index is -1.07. The second-order valence-corrected chi connectivity index (χ2v) is 10.00. The van der Waals surface area contributed by atoms with E-state index >= 15 is 0 Å². The van der Waals surface area contributed by atoms with E-state index in [0.717, 1.165) is 17.2 Å². The molecule has 36 heavy (non-hydrogen) atoms. The molecule has 1 fully saturated rings. The van der Waals surface area contributed by atoms with Gasteiger partial charge in [0.15, 0.2) is 0 Å². The summed E-state index contributed by atoms with van der Waals surface area (Å²) in [4.78, 5) is 26.6. The van der Waals surface area contributed by atoms with E-state index in [2.05, 4.69) is 36.6 Å². The summed E-state index contributed by atoms with van der Waals surface area (Å²) in [6.45, 7) is 8.81. The highest BCUT2D eigenvalue weighted by molar-refractivity contribution is 5.79. The van der Waals surface area contributed by atoms with Crippen molar-refractivity contribution in [3.63, 3.8) is 0 Å². The topological polar surface area (TPSA) is 81.7 Å². The Balaban J connectivity index is 1.85. The molecule has 2 aromatic carbocycles. The van der Waals surface area contributed by atoms with E-state index in [1.165, 1.54) is 19.1 Å². The maximum atomic E-state index is 13.7. The average Bonchev–Trinajstić information content (AvgIpc) is 2.81. The molecule has 1 aliphatic rings. The molecular weight excluding hydrogens is 464 g/mol. The molecule has 0 aliphatic carbocycles. The molecule has 0 saturated carbocycles. The molecule has 1 saturated heterocycles. The van der Waals surface area contributed by atoms with E-state index in [1.54, 1.807) is 0 Å². The molecule has 2 amide bonds. The fourth-order valence-corrected chi connectivity index (χ4v) is 4.91. The van der Waals surface area contributed by atoms with Gasteiger partial charge >= 0.3 is 0 Å². The van der Waals surface area contributed by atoms with Gasteiger partial charge in [-0.1, -0.05) is 38.1 Å². The van der Waals surface area contributed by atoms with Crippen molar-refractivity contribution in [3.8, 4) is 0 Å².